The molecule has 6 rings (SSSR count). The molecule has 1 aliphatic carbocycles. The normalized spacial score (nSPS) is 14.3. The van der Waals surface area contributed by atoms with Crippen LogP contribution in [0.5, 0.6) is 0 Å². The standard InChI is InChI=1S/C27H21NO/c1-16-11-12-18-20-14-22-19(17-8-4-5-9-21(17)27(22,2)3)15-24(20)29-26(18)25(16)23-10-6-7-13-28-23/h4-15H,1-3H3. The summed E-state index contributed by atoms with van der Waals surface area (Å²) in [4.78, 5) is 4.59. The second kappa shape index (κ2) is 5.57. The van der Waals surface area contributed by atoms with Crippen molar-refractivity contribution < 1.29 is 4.42 Å². The number of aromatic nitrogens is 1. The van der Waals surface area contributed by atoms with Gasteiger partial charge < -0.3 is 4.42 Å². The van der Waals surface area contributed by atoms with Gasteiger partial charge >= 0.3 is 0 Å². The molecule has 2 aromatic heterocycles. The molecule has 29 heavy (non-hydrogen) atoms. The summed E-state index contributed by atoms with van der Waals surface area (Å²) in [7, 11) is 0. The number of pyridine rings is 1. The molecule has 0 N–H and O–H groups in total. The van der Waals surface area contributed by atoms with Gasteiger partial charge in [0.2, 0.25) is 0 Å². The number of benzene rings is 3. The molecule has 0 atom stereocenters. The van der Waals surface area contributed by atoms with Gasteiger partial charge in [-0.15, -0.1) is 0 Å². The van der Waals surface area contributed by atoms with Gasteiger partial charge in [0.1, 0.15) is 11.2 Å². The van der Waals surface area contributed by atoms with Crippen molar-refractivity contribution in [3.63, 3.8) is 0 Å². The molecule has 2 heterocycles. The fourth-order valence-electron chi connectivity index (χ4n) is 4.96. The van der Waals surface area contributed by atoms with Gasteiger partial charge in [-0.1, -0.05) is 56.3 Å². The van der Waals surface area contributed by atoms with Crippen LogP contribution in [0.3, 0.4) is 0 Å². The lowest BCUT2D eigenvalue weighted by atomic mass is 9.82. The third kappa shape index (κ3) is 2.14. The molecule has 2 heteroatoms. The van der Waals surface area contributed by atoms with Crippen LogP contribution >= 0.6 is 0 Å². The minimum absolute atomic E-state index is 0.0157. The third-order valence-electron chi connectivity index (χ3n) is 6.47. The number of rotatable bonds is 1. The van der Waals surface area contributed by atoms with Crippen molar-refractivity contribution in [3.05, 3.63) is 89.6 Å². The number of hydrogen-bond donors (Lipinski definition) is 0. The van der Waals surface area contributed by atoms with Gasteiger partial charge in [-0.25, -0.2) is 0 Å². The predicted molar refractivity (Wildman–Crippen MR) is 119 cm³/mol. The summed E-state index contributed by atoms with van der Waals surface area (Å²) in [5, 5.41) is 2.33. The van der Waals surface area contributed by atoms with E-state index in [9.17, 15) is 0 Å². The van der Waals surface area contributed by atoms with Gasteiger partial charge in [0.05, 0.1) is 5.69 Å². The van der Waals surface area contributed by atoms with E-state index in [1.165, 1.54) is 33.2 Å². The molecule has 0 saturated carbocycles. The first-order valence-corrected chi connectivity index (χ1v) is 10.1. The molecule has 2 nitrogen and oxygen atoms in total. The van der Waals surface area contributed by atoms with Gasteiger partial charge in [0.25, 0.3) is 0 Å². The van der Waals surface area contributed by atoms with Crippen LogP contribution < -0.4 is 0 Å². The van der Waals surface area contributed by atoms with Gasteiger partial charge in [-0.2, -0.15) is 0 Å². The Bertz CT molecular complexity index is 1420. The van der Waals surface area contributed by atoms with E-state index in [0.717, 1.165) is 27.8 Å². The molecule has 0 radical (unpaired) electrons. The Labute approximate surface area is 169 Å². The van der Waals surface area contributed by atoms with Crippen LogP contribution in [0.15, 0.2) is 77.3 Å². The average Bonchev–Trinajstić information content (AvgIpc) is 3.20. The highest BCUT2D eigenvalue weighted by atomic mass is 16.3. The number of furan rings is 1. The quantitative estimate of drug-likeness (QED) is 0.308. The van der Waals surface area contributed by atoms with Crippen LogP contribution in [0, 0.1) is 6.92 Å². The highest BCUT2D eigenvalue weighted by Crippen LogP contribution is 2.51. The third-order valence-corrected chi connectivity index (χ3v) is 6.47. The summed E-state index contributed by atoms with van der Waals surface area (Å²) in [5.74, 6) is 0. The lowest BCUT2D eigenvalue weighted by Crippen LogP contribution is -2.14. The van der Waals surface area contributed by atoms with Gasteiger partial charge in [0.15, 0.2) is 0 Å². The second-order valence-electron chi connectivity index (χ2n) is 8.52. The summed E-state index contributed by atoms with van der Waals surface area (Å²) < 4.78 is 6.49. The fraction of sp³-hybridized carbons (Fsp3) is 0.148. The number of hydrogen-bond acceptors (Lipinski definition) is 2. The highest BCUT2D eigenvalue weighted by Gasteiger charge is 2.36. The Morgan fingerprint density at radius 1 is 0.793 bits per heavy atom. The van der Waals surface area contributed by atoms with Crippen LogP contribution in [0.2, 0.25) is 0 Å². The molecule has 0 aliphatic heterocycles. The molecule has 0 bridgehead atoms. The monoisotopic (exact) mass is 375 g/mol. The first-order valence-electron chi connectivity index (χ1n) is 10.1. The maximum atomic E-state index is 6.49. The summed E-state index contributed by atoms with van der Waals surface area (Å²) >= 11 is 0. The Kier molecular flexibility index (Phi) is 3.18. The zero-order valence-corrected chi connectivity index (χ0v) is 16.8. The smallest absolute Gasteiger partial charge is 0.145 e. The number of nitrogens with zero attached hydrogens (tertiary/aromatic N) is 1. The summed E-state index contributed by atoms with van der Waals surface area (Å²) in [6.45, 7) is 6.75. The lowest BCUT2D eigenvalue weighted by Gasteiger charge is -2.21. The molecular weight excluding hydrogens is 354 g/mol. The Morgan fingerprint density at radius 3 is 2.45 bits per heavy atom. The molecule has 3 aromatic carbocycles. The topological polar surface area (TPSA) is 26.0 Å². The molecule has 0 saturated heterocycles. The van der Waals surface area contributed by atoms with Crippen molar-refractivity contribution in [2.75, 3.05) is 0 Å². The molecule has 0 fully saturated rings. The Balaban J connectivity index is 1.71. The average molecular weight is 375 g/mol. The van der Waals surface area contributed by atoms with Gasteiger partial charge in [-0.05, 0) is 59.0 Å². The van der Waals surface area contributed by atoms with Gasteiger partial charge in [0, 0.05) is 27.9 Å². The van der Waals surface area contributed by atoms with Crippen LogP contribution in [0.4, 0.5) is 0 Å². The zero-order valence-electron chi connectivity index (χ0n) is 16.8. The van der Waals surface area contributed by atoms with Crippen molar-refractivity contribution in [2.24, 2.45) is 0 Å². The van der Waals surface area contributed by atoms with Crippen LogP contribution in [0.1, 0.15) is 30.5 Å². The first-order chi connectivity index (χ1) is 14.1. The number of aryl methyl sites for hydroxylation is 1. The van der Waals surface area contributed by atoms with Crippen molar-refractivity contribution in [1.82, 2.24) is 4.98 Å². The molecule has 0 unspecified atom stereocenters. The van der Waals surface area contributed by atoms with E-state index in [1.54, 1.807) is 0 Å². The van der Waals surface area contributed by atoms with E-state index in [-0.39, 0.29) is 5.41 Å². The summed E-state index contributed by atoms with van der Waals surface area (Å²) in [5.41, 5.74) is 10.4. The molecule has 1 aliphatic rings. The maximum absolute atomic E-state index is 6.49. The van der Waals surface area contributed by atoms with Crippen LogP contribution in [-0.4, -0.2) is 4.98 Å². The second-order valence-corrected chi connectivity index (χ2v) is 8.52. The largest absolute Gasteiger partial charge is 0.455 e. The van der Waals surface area contributed by atoms with E-state index < -0.39 is 0 Å². The van der Waals surface area contributed by atoms with E-state index in [1.807, 2.05) is 24.4 Å². The van der Waals surface area contributed by atoms with Crippen LogP contribution in [0.25, 0.3) is 44.3 Å². The molecule has 5 aromatic rings. The van der Waals surface area contributed by atoms with Crippen molar-refractivity contribution in [1.29, 1.82) is 0 Å². The Morgan fingerprint density at radius 2 is 1.62 bits per heavy atom. The fourth-order valence-corrected chi connectivity index (χ4v) is 4.96. The Hall–Kier alpha value is -3.39. The highest BCUT2D eigenvalue weighted by molar-refractivity contribution is 6.11. The number of fused-ring (bicyclic) bond motifs is 6. The van der Waals surface area contributed by atoms with E-state index in [0.29, 0.717) is 0 Å². The molecule has 0 spiro atoms. The van der Waals surface area contributed by atoms with Gasteiger partial charge in [-0.3, -0.25) is 4.98 Å². The first kappa shape index (κ1) is 16.6. The summed E-state index contributed by atoms with van der Waals surface area (Å²) in [6.07, 6.45) is 1.84. The lowest BCUT2D eigenvalue weighted by molar-refractivity contribution is 0.658. The van der Waals surface area contributed by atoms with E-state index in [4.69, 9.17) is 4.42 Å². The summed E-state index contributed by atoms with van der Waals surface area (Å²) in [6, 6.07) is 23.7. The minimum Gasteiger partial charge on any atom is -0.455 e. The molecule has 0 amide bonds. The van der Waals surface area contributed by atoms with Crippen molar-refractivity contribution in [2.45, 2.75) is 26.2 Å². The van der Waals surface area contributed by atoms with Crippen LogP contribution in [-0.2, 0) is 5.41 Å². The van der Waals surface area contributed by atoms with Crippen molar-refractivity contribution >= 4 is 21.9 Å². The maximum Gasteiger partial charge on any atom is 0.145 e. The molecule has 140 valence electrons. The van der Waals surface area contributed by atoms with E-state index >= 15 is 0 Å². The van der Waals surface area contributed by atoms with E-state index in [2.05, 4.69) is 74.3 Å². The minimum atomic E-state index is -0.0157. The SMILES string of the molecule is Cc1ccc2c(oc3cc4c(cc32)C(C)(C)c2ccccc2-4)c1-c1ccccn1. The molecular formula is C27H21NO. The predicted octanol–water partition coefficient (Wildman–Crippen LogP) is 7.26. The zero-order chi connectivity index (χ0) is 19.8. The van der Waals surface area contributed by atoms with Crippen molar-refractivity contribution in [3.8, 4) is 22.4 Å².